The number of aromatic nitrogens is 1. The molecule has 8 heteroatoms. The number of aliphatic hydroxyl groups is 1. The van der Waals surface area contributed by atoms with Crippen molar-refractivity contribution < 1.29 is 14.6 Å². The molecule has 0 radical (unpaired) electrons. The minimum absolute atomic E-state index is 0.245. The lowest BCUT2D eigenvalue weighted by atomic mass is 10.0. The first-order valence-corrected chi connectivity index (χ1v) is 10.3. The molecule has 1 aliphatic rings. The Labute approximate surface area is 178 Å². The summed E-state index contributed by atoms with van der Waals surface area (Å²) < 4.78 is 5.74. The van der Waals surface area contributed by atoms with Crippen molar-refractivity contribution in [3.63, 3.8) is 0 Å². The Morgan fingerprint density at radius 2 is 2.21 bits per heavy atom. The van der Waals surface area contributed by atoms with Gasteiger partial charge in [0.1, 0.15) is 0 Å². The topological polar surface area (TPSA) is 95.8 Å². The SMILES string of the molecule is COC(=O)CCC1N=C(c2ccccn2)c2cc(Br)ccc2NC1NCC(C)O. The van der Waals surface area contributed by atoms with Gasteiger partial charge >= 0.3 is 5.97 Å². The number of benzodiazepines with no additional fused rings is 1. The molecule has 0 saturated heterocycles. The van der Waals surface area contributed by atoms with Crippen molar-refractivity contribution in [2.75, 3.05) is 19.0 Å². The van der Waals surface area contributed by atoms with Gasteiger partial charge in [-0.05, 0) is 43.7 Å². The molecule has 154 valence electrons. The minimum Gasteiger partial charge on any atom is -0.469 e. The van der Waals surface area contributed by atoms with Gasteiger partial charge in [0.05, 0.1) is 36.8 Å². The minimum atomic E-state index is -0.509. The molecule has 3 N–H and O–H groups in total. The van der Waals surface area contributed by atoms with E-state index in [1.54, 1.807) is 13.1 Å². The van der Waals surface area contributed by atoms with Crippen LogP contribution >= 0.6 is 15.9 Å². The third kappa shape index (κ3) is 5.62. The second-order valence-corrected chi connectivity index (χ2v) is 7.86. The number of hydrogen-bond acceptors (Lipinski definition) is 7. The van der Waals surface area contributed by atoms with Crippen LogP contribution in [0.25, 0.3) is 0 Å². The van der Waals surface area contributed by atoms with E-state index in [2.05, 4.69) is 31.5 Å². The molecular formula is C21H25BrN4O3. The van der Waals surface area contributed by atoms with Crippen LogP contribution in [0.4, 0.5) is 5.69 Å². The number of hydrogen-bond donors (Lipinski definition) is 3. The Hall–Kier alpha value is -2.29. The summed E-state index contributed by atoms with van der Waals surface area (Å²) in [5, 5.41) is 16.6. The van der Waals surface area contributed by atoms with Crippen LogP contribution in [-0.4, -0.2) is 53.7 Å². The van der Waals surface area contributed by atoms with Gasteiger partial charge in [-0.2, -0.15) is 0 Å². The highest BCUT2D eigenvalue weighted by Crippen LogP contribution is 2.29. The van der Waals surface area contributed by atoms with E-state index >= 15 is 0 Å². The zero-order valence-corrected chi connectivity index (χ0v) is 18.0. The van der Waals surface area contributed by atoms with E-state index in [-0.39, 0.29) is 24.6 Å². The Morgan fingerprint density at radius 3 is 2.90 bits per heavy atom. The number of aliphatic imine (C=N–C) groups is 1. The van der Waals surface area contributed by atoms with Crippen molar-refractivity contribution in [2.45, 2.75) is 38.1 Å². The number of benzene rings is 1. The standard InChI is InChI=1S/C21H25BrN4O3/c1-13(27)12-24-21-18(8-9-19(28)29-2)25-20(17-5-3-4-10-23-17)15-11-14(22)6-7-16(15)26-21/h3-7,10-11,13,18,21,24,26-27H,8-9,12H2,1-2H3. The summed E-state index contributed by atoms with van der Waals surface area (Å²) in [5.74, 6) is -0.279. The number of ether oxygens (including phenoxy) is 1. The molecule has 0 bridgehead atoms. The average molecular weight is 461 g/mol. The van der Waals surface area contributed by atoms with Gasteiger partial charge in [0.25, 0.3) is 0 Å². The second kappa shape index (κ2) is 9.96. The predicted octanol–water partition coefficient (Wildman–Crippen LogP) is 2.73. The van der Waals surface area contributed by atoms with E-state index in [0.717, 1.165) is 27.1 Å². The summed E-state index contributed by atoms with van der Waals surface area (Å²) in [6.45, 7) is 2.12. The summed E-state index contributed by atoms with van der Waals surface area (Å²) in [7, 11) is 1.38. The van der Waals surface area contributed by atoms with Crippen LogP contribution < -0.4 is 10.6 Å². The van der Waals surface area contributed by atoms with E-state index in [1.807, 2.05) is 36.4 Å². The number of aliphatic hydroxyl groups excluding tert-OH is 1. The van der Waals surface area contributed by atoms with Gasteiger partial charge in [-0.15, -0.1) is 0 Å². The van der Waals surface area contributed by atoms with Crippen molar-refractivity contribution in [2.24, 2.45) is 4.99 Å². The number of esters is 1. The molecule has 3 unspecified atom stereocenters. The Morgan fingerprint density at radius 1 is 1.38 bits per heavy atom. The predicted molar refractivity (Wildman–Crippen MR) is 116 cm³/mol. The number of carbonyl (C=O) groups excluding carboxylic acids is 1. The van der Waals surface area contributed by atoms with Crippen molar-refractivity contribution in [3.8, 4) is 0 Å². The first-order valence-electron chi connectivity index (χ1n) is 9.52. The fourth-order valence-electron chi connectivity index (χ4n) is 3.20. The maximum atomic E-state index is 11.8. The number of anilines is 1. The zero-order chi connectivity index (χ0) is 20.8. The van der Waals surface area contributed by atoms with Crippen LogP contribution in [0.3, 0.4) is 0 Å². The number of carbonyl (C=O) groups is 1. The van der Waals surface area contributed by atoms with Crippen molar-refractivity contribution in [1.29, 1.82) is 0 Å². The summed E-state index contributed by atoms with van der Waals surface area (Å²) >= 11 is 3.54. The van der Waals surface area contributed by atoms with Crippen LogP contribution in [0, 0.1) is 0 Å². The zero-order valence-electron chi connectivity index (χ0n) is 16.4. The molecular weight excluding hydrogens is 436 g/mol. The van der Waals surface area contributed by atoms with Crippen LogP contribution in [0.15, 0.2) is 52.1 Å². The van der Waals surface area contributed by atoms with Gasteiger partial charge in [-0.1, -0.05) is 22.0 Å². The number of methoxy groups -OCH3 is 1. The van der Waals surface area contributed by atoms with Gasteiger partial charge < -0.3 is 15.2 Å². The normalized spacial score (nSPS) is 19.4. The number of rotatable bonds is 7. The summed E-state index contributed by atoms with van der Waals surface area (Å²) in [5.41, 5.74) is 3.34. The van der Waals surface area contributed by atoms with Crippen molar-refractivity contribution in [1.82, 2.24) is 10.3 Å². The van der Waals surface area contributed by atoms with E-state index in [1.165, 1.54) is 7.11 Å². The van der Waals surface area contributed by atoms with Crippen LogP contribution in [0.5, 0.6) is 0 Å². The molecule has 1 aromatic carbocycles. The van der Waals surface area contributed by atoms with Crippen LogP contribution in [-0.2, 0) is 9.53 Å². The quantitative estimate of drug-likeness (QED) is 0.549. The van der Waals surface area contributed by atoms with Crippen molar-refractivity contribution >= 4 is 33.3 Å². The highest BCUT2D eigenvalue weighted by Gasteiger charge is 2.28. The molecule has 1 aromatic heterocycles. The van der Waals surface area contributed by atoms with E-state index < -0.39 is 6.10 Å². The van der Waals surface area contributed by atoms with E-state index in [4.69, 9.17) is 9.73 Å². The number of fused-ring (bicyclic) bond motifs is 1. The molecule has 7 nitrogen and oxygen atoms in total. The van der Waals surface area contributed by atoms with Crippen LogP contribution in [0.1, 0.15) is 31.0 Å². The number of halogens is 1. The molecule has 3 rings (SSSR count). The largest absolute Gasteiger partial charge is 0.469 e. The van der Waals surface area contributed by atoms with Crippen molar-refractivity contribution in [3.05, 3.63) is 58.3 Å². The number of nitrogens with one attached hydrogen (secondary N) is 2. The van der Waals surface area contributed by atoms with Gasteiger partial charge in [0.2, 0.25) is 0 Å². The summed E-state index contributed by atoms with van der Waals surface area (Å²) in [4.78, 5) is 21.3. The fourth-order valence-corrected chi connectivity index (χ4v) is 3.56. The first kappa shape index (κ1) is 21.4. The summed E-state index contributed by atoms with van der Waals surface area (Å²) in [6, 6.07) is 11.4. The first-order chi connectivity index (χ1) is 14.0. The Bertz CT molecular complexity index is 873. The molecule has 29 heavy (non-hydrogen) atoms. The Kier molecular flexibility index (Phi) is 7.35. The number of nitrogens with zero attached hydrogens (tertiary/aromatic N) is 2. The highest BCUT2D eigenvalue weighted by atomic mass is 79.9. The molecule has 2 heterocycles. The molecule has 2 aromatic rings. The molecule has 0 fully saturated rings. The smallest absolute Gasteiger partial charge is 0.305 e. The fraction of sp³-hybridized carbons (Fsp3) is 0.381. The number of pyridine rings is 1. The lowest BCUT2D eigenvalue weighted by Crippen LogP contribution is -2.47. The molecule has 0 aliphatic carbocycles. The maximum absolute atomic E-state index is 11.8. The summed E-state index contributed by atoms with van der Waals surface area (Å²) in [6.07, 6.45) is 1.69. The van der Waals surface area contributed by atoms with E-state index in [9.17, 15) is 9.90 Å². The third-order valence-corrected chi connectivity index (χ3v) is 5.13. The maximum Gasteiger partial charge on any atom is 0.305 e. The molecule has 3 atom stereocenters. The Balaban J connectivity index is 2.04. The third-order valence-electron chi connectivity index (χ3n) is 4.64. The van der Waals surface area contributed by atoms with Gasteiger partial charge in [-0.25, -0.2) is 0 Å². The average Bonchev–Trinajstić information content (AvgIpc) is 2.87. The lowest BCUT2D eigenvalue weighted by Gasteiger charge is -2.26. The van der Waals surface area contributed by atoms with Crippen LogP contribution in [0.2, 0.25) is 0 Å². The monoisotopic (exact) mass is 460 g/mol. The van der Waals surface area contributed by atoms with E-state index in [0.29, 0.717) is 13.0 Å². The molecule has 0 spiro atoms. The molecule has 0 amide bonds. The lowest BCUT2D eigenvalue weighted by molar-refractivity contribution is -0.140. The highest BCUT2D eigenvalue weighted by molar-refractivity contribution is 9.10. The van der Waals surface area contributed by atoms with Gasteiger partial charge in [-0.3, -0.25) is 20.1 Å². The van der Waals surface area contributed by atoms with Gasteiger partial charge in [0.15, 0.2) is 0 Å². The molecule has 0 saturated carbocycles. The van der Waals surface area contributed by atoms with Gasteiger partial charge in [0, 0.05) is 34.9 Å². The molecule has 1 aliphatic heterocycles. The second-order valence-electron chi connectivity index (χ2n) is 6.94.